The smallest absolute Gasteiger partial charge is 0.306 e. The summed E-state index contributed by atoms with van der Waals surface area (Å²) in [4.78, 5) is 39.2. The van der Waals surface area contributed by atoms with E-state index in [0.717, 1.165) is 10.3 Å². The zero-order valence-electron chi connectivity index (χ0n) is 15.5. The molecular weight excluding hydrogens is 332 g/mol. The van der Waals surface area contributed by atoms with Gasteiger partial charge in [0, 0.05) is 23.1 Å². The van der Waals surface area contributed by atoms with E-state index >= 15 is 0 Å². The van der Waals surface area contributed by atoms with Crippen molar-refractivity contribution in [3.8, 4) is 0 Å². The van der Waals surface area contributed by atoms with Crippen molar-refractivity contribution in [1.82, 2.24) is 9.80 Å². The standard InChI is InChI=1S/C17H15NO4.C3H9N/c1-10(17(21)22)8-9-18-15(19)12-6-2-4-11-5-3-7-13(14(11)12)16(18)20;1-4(2)3/h2-7,10H,8-9H2,1H3,(H,21,22);1-3H3. The molecule has 0 radical (unpaired) electrons. The maximum Gasteiger partial charge on any atom is 0.306 e. The molecule has 1 heterocycles. The molecule has 0 saturated heterocycles. The van der Waals surface area contributed by atoms with Gasteiger partial charge in [-0.2, -0.15) is 0 Å². The summed E-state index contributed by atoms with van der Waals surface area (Å²) in [6.07, 6.45) is 0.241. The molecule has 2 aromatic rings. The van der Waals surface area contributed by atoms with Crippen molar-refractivity contribution in [2.75, 3.05) is 27.7 Å². The maximum atomic E-state index is 12.6. The normalized spacial score (nSPS) is 14.3. The van der Waals surface area contributed by atoms with Crippen molar-refractivity contribution < 1.29 is 19.5 Å². The third-order valence-corrected chi connectivity index (χ3v) is 4.06. The molecule has 1 aliphatic rings. The summed E-state index contributed by atoms with van der Waals surface area (Å²) >= 11 is 0. The Labute approximate surface area is 153 Å². The molecule has 2 amide bonds. The summed E-state index contributed by atoms with van der Waals surface area (Å²) in [7, 11) is 6.00. The lowest BCUT2D eigenvalue weighted by molar-refractivity contribution is -0.141. The van der Waals surface area contributed by atoms with Crippen molar-refractivity contribution in [3.05, 3.63) is 47.5 Å². The maximum absolute atomic E-state index is 12.6. The number of hydrogen-bond acceptors (Lipinski definition) is 4. The van der Waals surface area contributed by atoms with Crippen molar-refractivity contribution >= 4 is 28.6 Å². The first-order chi connectivity index (χ1) is 12.2. The second kappa shape index (κ2) is 8.10. The molecule has 0 saturated carbocycles. The average molecular weight is 356 g/mol. The molecule has 0 aliphatic carbocycles. The SMILES string of the molecule is CC(CCN1C(=O)c2cccc3cccc(c23)C1=O)C(=O)O.CN(C)C. The first-order valence-corrected chi connectivity index (χ1v) is 8.45. The van der Waals surface area contributed by atoms with Crippen LogP contribution in [0.3, 0.4) is 0 Å². The summed E-state index contributed by atoms with van der Waals surface area (Å²) in [6.45, 7) is 1.67. The van der Waals surface area contributed by atoms with Gasteiger partial charge in [-0.3, -0.25) is 19.3 Å². The molecule has 6 heteroatoms. The highest BCUT2D eigenvalue weighted by molar-refractivity contribution is 6.25. The summed E-state index contributed by atoms with van der Waals surface area (Å²) in [5.74, 6) is -2.24. The minimum Gasteiger partial charge on any atom is -0.481 e. The molecule has 26 heavy (non-hydrogen) atoms. The van der Waals surface area contributed by atoms with Gasteiger partial charge in [-0.25, -0.2) is 0 Å². The Hall–Kier alpha value is -2.73. The number of imide groups is 1. The number of amides is 2. The van der Waals surface area contributed by atoms with Gasteiger partial charge in [-0.05, 0) is 45.1 Å². The number of carboxylic acid groups (broad SMARTS) is 1. The molecule has 1 N–H and O–H groups in total. The van der Waals surface area contributed by atoms with Gasteiger partial charge in [0.15, 0.2) is 0 Å². The van der Waals surface area contributed by atoms with Gasteiger partial charge in [-0.15, -0.1) is 0 Å². The van der Waals surface area contributed by atoms with Gasteiger partial charge in [-0.1, -0.05) is 31.2 Å². The fourth-order valence-electron chi connectivity index (χ4n) is 2.73. The highest BCUT2D eigenvalue weighted by Gasteiger charge is 2.32. The zero-order valence-corrected chi connectivity index (χ0v) is 15.5. The second-order valence-electron chi connectivity index (χ2n) is 6.84. The first-order valence-electron chi connectivity index (χ1n) is 8.45. The van der Waals surface area contributed by atoms with Crippen LogP contribution in [0.5, 0.6) is 0 Å². The van der Waals surface area contributed by atoms with Crippen molar-refractivity contribution in [2.45, 2.75) is 13.3 Å². The molecule has 1 unspecified atom stereocenters. The van der Waals surface area contributed by atoms with Crippen LogP contribution in [-0.4, -0.2) is 60.4 Å². The van der Waals surface area contributed by atoms with Crippen LogP contribution in [0, 0.1) is 5.92 Å². The predicted octanol–water partition coefficient (Wildman–Crippen LogP) is 2.72. The summed E-state index contributed by atoms with van der Waals surface area (Å²) in [6, 6.07) is 10.7. The van der Waals surface area contributed by atoms with Crippen molar-refractivity contribution in [1.29, 1.82) is 0 Å². The van der Waals surface area contributed by atoms with E-state index in [1.807, 2.05) is 38.2 Å². The van der Waals surface area contributed by atoms with Gasteiger partial charge in [0.05, 0.1) is 5.92 Å². The van der Waals surface area contributed by atoms with Crippen LogP contribution in [0.15, 0.2) is 36.4 Å². The number of carbonyl (C=O) groups excluding carboxylic acids is 2. The fraction of sp³-hybridized carbons (Fsp3) is 0.350. The van der Waals surface area contributed by atoms with Crippen LogP contribution in [0.1, 0.15) is 34.1 Å². The lowest BCUT2D eigenvalue weighted by Gasteiger charge is -2.27. The molecule has 2 aromatic carbocycles. The topological polar surface area (TPSA) is 77.9 Å². The summed E-state index contributed by atoms with van der Waals surface area (Å²) < 4.78 is 0. The van der Waals surface area contributed by atoms with Gasteiger partial charge < -0.3 is 10.0 Å². The quantitative estimate of drug-likeness (QED) is 0.852. The second-order valence-corrected chi connectivity index (χ2v) is 6.84. The number of carbonyl (C=O) groups is 3. The molecule has 3 rings (SSSR count). The first kappa shape index (κ1) is 19.6. The number of nitrogens with zero attached hydrogens (tertiary/aromatic N) is 2. The molecule has 0 bridgehead atoms. The number of benzene rings is 2. The third kappa shape index (κ3) is 4.08. The van der Waals surface area contributed by atoms with Crippen LogP contribution in [0.25, 0.3) is 10.8 Å². The molecule has 0 aromatic heterocycles. The number of carboxylic acids is 1. The molecule has 6 nitrogen and oxygen atoms in total. The fourth-order valence-corrected chi connectivity index (χ4v) is 2.73. The van der Waals surface area contributed by atoms with E-state index in [1.54, 1.807) is 31.2 Å². The predicted molar refractivity (Wildman–Crippen MR) is 100 cm³/mol. The highest BCUT2D eigenvalue weighted by Crippen LogP contribution is 2.30. The largest absolute Gasteiger partial charge is 0.481 e. The monoisotopic (exact) mass is 356 g/mol. The summed E-state index contributed by atoms with van der Waals surface area (Å²) in [5.41, 5.74) is 0.992. The average Bonchev–Trinajstić information content (AvgIpc) is 2.58. The minimum absolute atomic E-state index is 0.107. The number of hydrogen-bond donors (Lipinski definition) is 1. The van der Waals surface area contributed by atoms with Gasteiger partial charge in [0.2, 0.25) is 0 Å². The van der Waals surface area contributed by atoms with Crippen LogP contribution in [-0.2, 0) is 4.79 Å². The Bertz CT molecular complexity index is 791. The molecular formula is C20H24N2O4. The highest BCUT2D eigenvalue weighted by atomic mass is 16.4. The molecule has 1 aliphatic heterocycles. The Morgan fingerprint density at radius 3 is 1.92 bits per heavy atom. The van der Waals surface area contributed by atoms with Crippen molar-refractivity contribution in [2.24, 2.45) is 5.92 Å². The van der Waals surface area contributed by atoms with E-state index in [0.29, 0.717) is 16.5 Å². The summed E-state index contributed by atoms with van der Waals surface area (Å²) in [5, 5.41) is 10.5. The third-order valence-electron chi connectivity index (χ3n) is 4.06. The number of aliphatic carboxylic acids is 1. The molecule has 1 atom stereocenters. The van der Waals surface area contributed by atoms with E-state index in [2.05, 4.69) is 0 Å². The van der Waals surface area contributed by atoms with Crippen LogP contribution in [0.2, 0.25) is 0 Å². The van der Waals surface area contributed by atoms with E-state index in [9.17, 15) is 14.4 Å². The van der Waals surface area contributed by atoms with Gasteiger partial charge in [0.25, 0.3) is 11.8 Å². The lowest BCUT2D eigenvalue weighted by Crippen LogP contribution is -2.41. The minimum atomic E-state index is -0.931. The molecule has 138 valence electrons. The van der Waals surface area contributed by atoms with Crippen molar-refractivity contribution in [3.63, 3.8) is 0 Å². The molecule has 0 fully saturated rings. The Balaban J connectivity index is 0.000000552. The Morgan fingerprint density at radius 1 is 1.04 bits per heavy atom. The van der Waals surface area contributed by atoms with E-state index in [1.165, 1.54) is 0 Å². The lowest BCUT2D eigenvalue weighted by atomic mass is 9.93. The Morgan fingerprint density at radius 2 is 1.50 bits per heavy atom. The van der Waals surface area contributed by atoms with Gasteiger partial charge in [0.1, 0.15) is 0 Å². The van der Waals surface area contributed by atoms with E-state index < -0.39 is 11.9 Å². The Kier molecular flexibility index (Phi) is 6.10. The van der Waals surface area contributed by atoms with E-state index in [4.69, 9.17) is 5.11 Å². The van der Waals surface area contributed by atoms with Crippen LogP contribution >= 0.6 is 0 Å². The van der Waals surface area contributed by atoms with Gasteiger partial charge >= 0.3 is 5.97 Å². The van der Waals surface area contributed by atoms with Crippen LogP contribution in [0.4, 0.5) is 0 Å². The van der Waals surface area contributed by atoms with E-state index in [-0.39, 0.29) is 24.8 Å². The van der Waals surface area contributed by atoms with Crippen LogP contribution < -0.4 is 0 Å². The molecule has 0 spiro atoms. The zero-order chi connectivity index (χ0) is 19.4. The number of rotatable bonds is 4.